The van der Waals surface area contributed by atoms with Crippen LogP contribution in [0.4, 0.5) is 5.82 Å². The molecule has 0 aliphatic rings. The molecule has 0 bridgehead atoms. The summed E-state index contributed by atoms with van der Waals surface area (Å²) in [5, 5.41) is 17.1. The third-order valence-corrected chi connectivity index (χ3v) is 7.09. The first-order valence-electron chi connectivity index (χ1n) is 14.4. The van der Waals surface area contributed by atoms with E-state index in [9.17, 15) is 4.79 Å². The standard InChI is InChI=1S/C31H41N7O/c1-4-5-6-7-8-9-10-11-12-16-21-38-36-30(35-37-38)28(25-17-14-13-15-18-25)31(39)34-27-20-19-26-23(2)22-24(3)32-29(26)33-27/h13-15,17-20,22,28H,4-12,16,21H2,1-3H3,(H,32,33,34,39)/t28-/m0/s1. The Balaban J connectivity index is 1.37. The van der Waals surface area contributed by atoms with Gasteiger partial charge in [0.15, 0.2) is 11.5 Å². The van der Waals surface area contributed by atoms with Gasteiger partial charge >= 0.3 is 0 Å². The van der Waals surface area contributed by atoms with E-state index in [4.69, 9.17) is 0 Å². The molecule has 0 fully saturated rings. The minimum absolute atomic E-state index is 0.254. The van der Waals surface area contributed by atoms with Crippen molar-refractivity contribution in [2.45, 2.75) is 97.4 Å². The highest BCUT2D eigenvalue weighted by molar-refractivity contribution is 5.97. The van der Waals surface area contributed by atoms with Gasteiger partial charge in [-0.1, -0.05) is 95.0 Å². The van der Waals surface area contributed by atoms with E-state index in [-0.39, 0.29) is 5.91 Å². The van der Waals surface area contributed by atoms with Gasteiger partial charge in [-0.05, 0) is 54.8 Å². The Labute approximate surface area is 231 Å². The molecule has 8 nitrogen and oxygen atoms in total. The second-order valence-corrected chi connectivity index (χ2v) is 10.4. The van der Waals surface area contributed by atoms with E-state index < -0.39 is 5.92 Å². The topological polar surface area (TPSA) is 98.5 Å². The molecule has 0 unspecified atom stereocenters. The minimum atomic E-state index is -0.697. The predicted molar refractivity (Wildman–Crippen MR) is 156 cm³/mol. The maximum Gasteiger partial charge on any atom is 0.240 e. The van der Waals surface area contributed by atoms with Crippen LogP contribution in [0.5, 0.6) is 0 Å². The van der Waals surface area contributed by atoms with E-state index in [1.807, 2.05) is 62.4 Å². The van der Waals surface area contributed by atoms with Crippen molar-refractivity contribution in [2.24, 2.45) is 0 Å². The van der Waals surface area contributed by atoms with E-state index in [0.29, 0.717) is 23.8 Å². The summed E-state index contributed by atoms with van der Waals surface area (Å²) in [6.45, 7) is 6.93. The average molecular weight is 528 g/mol. The number of nitrogens with zero attached hydrogens (tertiary/aromatic N) is 6. The summed E-state index contributed by atoms with van der Waals surface area (Å²) < 4.78 is 0. The summed E-state index contributed by atoms with van der Waals surface area (Å²) >= 11 is 0. The number of hydrogen-bond acceptors (Lipinski definition) is 6. The Bertz CT molecular complexity index is 1340. The lowest BCUT2D eigenvalue weighted by molar-refractivity contribution is -0.116. The Kier molecular flexibility index (Phi) is 10.5. The van der Waals surface area contributed by atoms with Crippen LogP contribution in [-0.2, 0) is 11.3 Å². The van der Waals surface area contributed by atoms with Crippen LogP contribution in [0.25, 0.3) is 11.0 Å². The van der Waals surface area contributed by atoms with Gasteiger partial charge in [0, 0.05) is 11.1 Å². The van der Waals surface area contributed by atoms with Crippen molar-refractivity contribution in [3.63, 3.8) is 0 Å². The second kappa shape index (κ2) is 14.5. The molecule has 0 radical (unpaired) electrons. The molecule has 4 rings (SSSR count). The van der Waals surface area contributed by atoms with Crippen LogP contribution < -0.4 is 5.32 Å². The van der Waals surface area contributed by atoms with Crippen molar-refractivity contribution in [3.05, 3.63) is 71.2 Å². The van der Waals surface area contributed by atoms with Crippen LogP contribution in [0.3, 0.4) is 0 Å². The number of rotatable bonds is 15. The molecule has 3 heterocycles. The van der Waals surface area contributed by atoms with Crippen molar-refractivity contribution < 1.29 is 4.79 Å². The van der Waals surface area contributed by atoms with Crippen molar-refractivity contribution in [2.75, 3.05) is 5.32 Å². The van der Waals surface area contributed by atoms with Crippen LogP contribution in [0.15, 0.2) is 48.5 Å². The fraction of sp³-hybridized carbons (Fsp3) is 0.484. The van der Waals surface area contributed by atoms with E-state index in [0.717, 1.165) is 35.0 Å². The van der Waals surface area contributed by atoms with Gasteiger partial charge in [-0.3, -0.25) is 4.79 Å². The largest absolute Gasteiger partial charge is 0.310 e. The number of nitrogens with one attached hydrogen (secondary N) is 1. The summed E-state index contributed by atoms with van der Waals surface area (Å²) in [7, 11) is 0. The zero-order valence-electron chi connectivity index (χ0n) is 23.6. The molecule has 0 saturated heterocycles. The number of anilines is 1. The van der Waals surface area contributed by atoms with Crippen molar-refractivity contribution in [3.8, 4) is 0 Å². The van der Waals surface area contributed by atoms with E-state index in [2.05, 4.69) is 37.6 Å². The summed E-state index contributed by atoms with van der Waals surface area (Å²) in [5.74, 6) is -0.117. The summed E-state index contributed by atoms with van der Waals surface area (Å²) in [6.07, 6.45) is 12.7. The molecule has 1 N–H and O–H groups in total. The molecule has 4 aromatic rings. The van der Waals surface area contributed by atoms with Gasteiger partial charge in [-0.15, -0.1) is 10.2 Å². The van der Waals surface area contributed by atoms with Gasteiger partial charge in [0.05, 0.1) is 6.54 Å². The van der Waals surface area contributed by atoms with E-state index >= 15 is 0 Å². The number of carbonyl (C=O) groups is 1. The highest BCUT2D eigenvalue weighted by atomic mass is 16.2. The number of tetrazole rings is 1. The van der Waals surface area contributed by atoms with Crippen LogP contribution in [-0.4, -0.2) is 36.1 Å². The summed E-state index contributed by atoms with van der Waals surface area (Å²) in [4.78, 5) is 24.3. The number of unbranched alkanes of at least 4 members (excludes halogenated alkanes) is 9. The Morgan fingerprint density at radius 3 is 2.28 bits per heavy atom. The van der Waals surface area contributed by atoms with Gasteiger partial charge in [0.25, 0.3) is 0 Å². The Hall–Kier alpha value is -3.68. The normalized spacial score (nSPS) is 12.1. The molecular formula is C31H41N7O. The molecular weight excluding hydrogens is 486 g/mol. The molecule has 0 aliphatic heterocycles. The highest BCUT2D eigenvalue weighted by Gasteiger charge is 2.28. The maximum atomic E-state index is 13.5. The number of fused-ring (bicyclic) bond motifs is 1. The van der Waals surface area contributed by atoms with Gasteiger partial charge in [0.2, 0.25) is 5.91 Å². The molecule has 39 heavy (non-hydrogen) atoms. The number of aromatic nitrogens is 6. The molecule has 0 spiro atoms. The average Bonchev–Trinajstić information content (AvgIpc) is 3.38. The number of amides is 1. The number of carbonyl (C=O) groups excluding carboxylic acids is 1. The fourth-order valence-corrected chi connectivity index (χ4v) is 4.97. The Morgan fingerprint density at radius 2 is 1.56 bits per heavy atom. The second-order valence-electron chi connectivity index (χ2n) is 10.4. The molecule has 1 amide bonds. The first kappa shape index (κ1) is 28.3. The first-order valence-corrected chi connectivity index (χ1v) is 14.4. The predicted octanol–water partition coefficient (Wildman–Crippen LogP) is 6.92. The summed E-state index contributed by atoms with van der Waals surface area (Å²) in [6, 6.07) is 15.3. The summed E-state index contributed by atoms with van der Waals surface area (Å²) in [5.41, 5.74) is 3.41. The number of hydrogen-bond donors (Lipinski definition) is 1. The third kappa shape index (κ3) is 8.15. The highest BCUT2D eigenvalue weighted by Crippen LogP contribution is 2.24. The molecule has 206 valence electrons. The van der Waals surface area contributed by atoms with Crippen molar-refractivity contribution in [1.82, 2.24) is 30.2 Å². The third-order valence-electron chi connectivity index (χ3n) is 7.09. The fourth-order valence-electron chi connectivity index (χ4n) is 4.97. The molecule has 1 atom stereocenters. The zero-order valence-corrected chi connectivity index (χ0v) is 23.6. The van der Waals surface area contributed by atoms with E-state index in [1.54, 1.807) is 4.80 Å². The lowest BCUT2D eigenvalue weighted by Crippen LogP contribution is -2.24. The zero-order chi connectivity index (χ0) is 27.5. The molecule has 8 heteroatoms. The SMILES string of the molecule is CCCCCCCCCCCCn1nnc([C@@H](C(=O)Nc2ccc3c(C)cc(C)nc3n2)c2ccccc2)n1. The Morgan fingerprint density at radius 1 is 0.872 bits per heavy atom. The maximum absolute atomic E-state index is 13.5. The van der Waals surface area contributed by atoms with Gasteiger partial charge < -0.3 is 5.32 Å². The smallest absolute Gasteiger partial charge is 0.240 e. The molecule has 1 aromatic carbocycles. The van der Waals surface area contributed by atoms with Crippen molar-refractivity contribution in [1.29, 1.82) is 0 Å². The van der Waals surface area contributed by atoms with Gasteiger partial charge in [-0.25, -0.2) is 9.97 Å². The van der Waals surface area contributed by atoms with Crippen LogP contribution >= 0.6 is 0 Å². The van der Waals surface area contributed by atoms with Gasteiger partial charge in [0.1, 0.15) is 11.7 Å². The lowest BCUT2D eigenvalue weighted by atomic mass is 9.97. The quantitative estimate of drug-likeness (QED) is 0.168. The van der Waals surface area contributed by atoms with E-state index in [1.165, 1.54) is 51.4 Å². The van der Waals surface area contributed by atoms with Crippen LogP contribution in [0.2, 0.25) is 0 Å². The van der Waals surface area contributed by atoms with Crippen LogP contribution in [0, 0.1) is 13.8 Å². The van der Waals surface area contributed by atoms with Crippen molar-refractivity contribution >= 4 is 22.8 Å². The van der Waals surface area contributed by atoms with Gasteiger partial charge in [-0.2, -0.15) is 4.80 Å². The number of benzene rings is 1. The monoisotopic (exact) mass is 527 g/mol. The lowest BCUT2D eigenvalue weighted by Gasteiger charge is -2.14. The molecule has 3 aromatic heterocycles. The van der Waals surface area contributed by atoms with Crippen LogP contribution in [0.1, 0.15) is 99.7 Å². The minimum Gasteiger partial charge on any atom is -0.310 e. The number of aryl methyl sites for hydroxylation is 3. The number of pyridine rings is 2. The molecule has 0 saturated carbocycles. The molecule has 0 aliphatic carbocycles. The first-order chi connectivity index (χ1) is 19.0.